The minimum absolute atomic E-state index is 0.434. The molecule has 4 nitrogen and oxygen atoms in total. The Balaban J connectivity index is 2.08. The topological polar surface area (TPSA) is 66.2 Å². The SMILES string of the molecule is OB(O)c1ccnc2c1ccc1c(-c3ccccc3)ccnc12. The second kappa shape index (κ2) is 5.46. The fourth-order valence-electron chi connectivity index (χ4n) is 2.94. The van der Waals surface area contributed by atoms with Crippen LogP contribution in [0.1, 0.15) is 0 Å². The molecule has 4 rings (SSSR count). The fraction of sp³-hybridized carbons (Fsp3) is 0. The molecule has 0 saturated heterocycles. The Bertz CT molecular complexity index is 1000. The predicted molar refractivity (Wildman–Crippen MR) is 92.3 cm³/mol. The Labute approximate surface area is 133 Å². The van der Waals surface area contributed by atoms with Crippen molar-refractivity contribution in [3.05, 3.63) is 67.0 Å². The van der Waals surface area contributed by atoms with Crippen molar-refractivity contribution >= 4 is 34.4 Å². The van der Waals surface area contributed by atoms with Gasteiger partial charge in [0.1, 0.15) is 0 Å². The summed E-state index contributed by atoms with van der Waals surface area (Å²) in [5.74, 6) is 0. The molecule has 0 unspecified atom stereocenters. The lowest BCUT2D eigenvalue weighted by Crippen LogP contribution is -2.30. The third-order valence-electron chi connectivity index (χ3n) is 4.02. The van der Waals surface area contributed by atoms with Gasteiger partial charge in [-0.15, -0.1) is 0 Å². The van der Waals surface area contributed by atoms with Gasteiger partial charge in [-0.25, -0.2) is 0 Å². The van der Waals surface area contributed by atoms with E-state index in [2.05, 4.69) is 22.1 Å². The second-order valence-electron chi connectivity index (χ2n) is 5.36. The molecule has 2 aromatic carbocycles. The molecule has 0 saturated carbocycles. The molecule has 2 heterocycles. The van der Waals surface area contributed by atoms with Gasteiger partial charge in [0.15, 0.2) is 0 Å². The van der Waals surface area contributed by atoms with E-state index in [1.165, 1.54) is 0 Å². The number of rotatable bonds is 2. The number of nitrogens with zero attached hydrogens (tertiary/aromatic N) is 2. The molecule has 0 spiro atoms. The number of pyridine rings is 2. The Morgan fingerprint density at radius 2 is 1.35 bits per heavy atom. The molecule has 110 valence electrons. The highest BCUT2D eigenvalue weighted by Gasteiger charge is 2.17. The molecule has 0 aliphatic rings. The first-order chi connectivity index (χ1) is 11.3. The predicted octanol–water partition coefficient (Wildman–Crippen LogP) is 2.13. The molecule has 5 heteroatoms. The van der Waals surface area contributed by atoms with Crippen LogP contribution in [0.25, 0.3) is 32.9 Å². The van der Waals surface area contributed by atoms with Crippen molar-refractivity contribution in [1.29, 1.82) is 0 Å². The van der Waals surface area contributed by atoms with Crippen LogP contribution in [0.3, 0.4) is 0 Å². The maximum absolute atomic E-state index is 9.53. The summed E-state index contributed by atoms with van der Waals surface area (Å²) in [5.41, 5.74) is 4.05. The number of aromatic nitrogens is 2. The van der Waals surface area contributed by atoms with Gasteiger partial charge in [-0.05, 0) is 28.7 Å². The van der Waals surface area contributed by atoms with Crippen LogP contribution in [-0.2, 0) is 0 Å². The monoisotopic (exact) mass is 300 g/mol. The molecule has 0 radical (unpaired) electrons. The van der Waals surface area contributed by atoms with E-state index in [1.807, 2.05) is 36.4 Å². The van der Waals surface area contributed by atoms with E-state index in [0.717, 1.165) is 22.0 Å². The summed E-state index contributed by atoms with van der Waals surface area (Å²) < 4.78 is 0. The minimum Gasteiger partial charge on any atom is -0.423 e. The lowest BCUT2D eigenvalue weighted by Gasteiger charge is -2.10. The zero-order valence-electron chi connectivity index (χ0n) is 12.2. The molecule has 2 N–H and O–H groups in total. The van der Waals surface area contributed by atoms with Gasteiger partial charge in [0.05, 0.1) is 11.0 Å². The largest absolute Gasteiger partial charge is 0.489 e. The highest BCUT2D eigenvalue weighted by molar-refractivity contribution is 6.62. The summed E-state index contributed by atoms with van der Waals surface area (Å²) >= 11 is 0. The highest BCUT2D eigenvalue weighted by Crippen LogP contribution is 2.30. The van der Waals surface area contributed by atoms with Gasteiger partial charge < -0.3 is 10.0 Å². The van der Waals surface area contributed by atoms with Gasteiger partial charge in [0.2, 0.25) is 0 Å². The van der Waals surface area contributed by atoms with Crippen LogP contribution in [0, 0.1) is 0 Å². The Morgan fingerprint density at radius 1 is 0.696 bits per heavy atom. The maximum Gasteiger partial charge on any atom is 0.489 e. The fourth-order valence-corrected chi connectivity index (χ4v) is 2.94. The van der Waals surface area contributed by atoms with Crippen molar-refractivity contribution in [1.82, 2.24) is 9.97 Å². The van der Waals surface area contributed by atoms with E-state index in [1.54, 1.807) is 18.5 Å². The van der Waals surface area contributed by atoms with Crippen LogP contribution in [0.15, 0.2) is 67.0 Å². The van der Waals surface area contributed by atoms with Gasteiger partial charge in [-0.1, -0.05) is 42.5 Å². The molecule has 2 aromatic heterocycles. The molecule has 4 aromatic rings. The normalized spacial score (nSPS) is 11.0. The molecule has 0 aliphatic carbocycles. The van der Waals surface area contributed by atoms with Crippen molar-refractivity contribution in [3.63, 3.8) is 0 Å². The Hall–Kier alpha value is -2.76. The molecule has 0 fully saturated rings. The first-order valence-corrected chi connectivity index (χ1v) is 7.33. The van der Waals surface area contributed by atoms with Crippen LogP contribution in [0.5, 0.6) is 0 Å². The smallest absolute Gasteiger partial charge is 0.423 e. The van der Waals surface area contributed by atoms with Gasteiger partial charge in [-0.2, -0.15) is 0 Å². The van der Waals surface area contributed by atoms with Gasteiger partial charge in [-0.3, -0.25) is 9.97 Å². The number of hydrogen-bond acceptors (Lipinski definition) is 4. The summed E-state index contributed by atoms with van der Waals surface area (Å²) in [6, 6.07) is 17.5. The van der Waals surface area contributed by atoms with Crippen molar-refractivity contribution < 1.29 is 10.0 Å². The van der Waals surface area contributed by atoms with E-state index >= 15 is 0 Å². The lowest BCUT2D eigenvalue weighted by molar-refractivity contribution is 0.426. The zero-order valence-corrected chi connectivity index (χ0v) is 12.2. The quantitative estimate of drug-likeness (QED) is 0.439. The van der Waals surface area contributed by atoms with Crippen LogP contribution in [0.2, 0.25) is 0 Å². The van der Waals surface area contributed by atoms with E-state index in [-0.39, 0.29) is 0 Å². The summed E-state index contributed by atoms with van der Waals surface area (Å²) in [6.45, 7) is 0. The second-order valence-corrected chi connectivity index (χ2v) is 5.36. The molecule has 0 atom stereocenters. The molecule has 0 aliphatic heterocycles. The Morgan fingerprint density at radius 3 is 2.09 bits per heavy atom. The summed E-state index contributed by atoms with van der Waals surface area (Å²) in [6.07, 6.45) is 3.33. The van der Waals surface area contributed by atoms with Crippen molar-refractivity contribution in [2.75, 3.05) is 0 Å². The maximum atomic E-state index is 9.53. The molecular formula is C18H13BN2O2. The number of benzene rings is 2. The van der Waals surface area contributed by atoms with Gasteiger partial charge >= 0.3 is 7.12 Å². The van der Waals surface area contributed by atoms with E-state index in [0.29, 0.717) is 16.4 Å². The standard InChI is InChI=1S/C18H13BN2O2/c22-19(23)16-9-11-21-18-15(16)7-6-14-13(8-10-20-17(14)18)12-4-2-1-3-5-12/h1-11,22-23H. The highest BCUT2D eigenvalue weighted by atomic mass is 16.4. The van der Waals surface area contributed by atoms with Crippen LogP contribution < -0.4 is 5.46 Å². The van der Waals surface area contributed by atoms with Crippen molar-refractivity contribution in [2.45, 2.75) is 0 Å². The van der Waals surface area contributed by atoms with Crippen LogP contribution >= 0.6 is 0 Å². The third-order valence-corrected chi connectivity index (χ3v) is 4.02. The lowest BCUT2D eigenvalue weighted by atomic mass is 9.78. The minimum atomic E-state index is -1.53. The molecule has 0 amide bonds. The van der Waals surface area contributed by atoms with Gasteiger partial charge in [0.25, 0.3) is 0 Å². The number of fused-ring (bicyclic) bond motifs is 3. The van der Waals surface area contributed by atoms with Crippen LogP contribution in [0.4, 0.5) is 0 Å². The summed E-state index contributed by atoms with van der Waals surface area (Å²) in [5, 5.41) is 20.8. The zero-order chi connectivity index (χ0) is 15.8. The van der Waals surface area contributed by atoms with E-state index in [4.69, 9.17) is 0 Å². The van der Waals surface area contributed by atoms with E-state index in [9.17, 15) is 10.0 Å². The molecule has 0 bridgehead atoms. The van der Waals surface area contributed by atoms with Crippen LogP contribution in [-0.4, -0.2) is 27.1 Å². The Kier molecular flexibility index (Phi) is 3.30. The molecule has 23 heavy (non-hydrogen) atoms. The van der Waals surface area contributed by atoms with Crippen molar-refractivity contribution in [2.24, 2.45) is 0 Å². The number of hydrogen-bond donors (Lipinski definition) is 2. The summed E-state index contributed by atoms with van der Waals surface area (Å²) in [7, 11) is -1.53. The average molecular weight is 300 g/mol. The molecular weight excluding hydrogens is 287 g/mol. The van der Waals surface area contributed by atoms with Crippen molar-refractivity contribution in [3.8, 4) is 11.1 Å². The summed E-state index contributed by atoms with van der Waals surface area (Å²) in [4.78, 5) is 8.87. The van der Waals surface area contributed by atoms with E-state index < -0.39 is 7.12 Å². The third kappa shape index (κ3) is 2.27. The average Bonchev–Trinajstić information content (AvgIpc) is 2.61. The first kappa shape index (κ1) is 13.9. The first-order valence-electron chi connectivity index (χ1n) is 7.33. The van der Waals surface area contributed by atoms with Gasteiger partial charge in [0, 0.05) is 23.2 Å².